The molecule has 1 rings (SSSR count). The summed E-state index contributed by atoms with van der Waals surface area (Å²) in [5, 5.41) is 8.78. The van der Waals surface area contributed by atoms with Crippen LogP contribution >= 0.6 is 0 Å². The van der Waals surface area contributed by atoms with Gasteiger partial charge in [-0.3, -0.25) is 0 Å². The molecule has 0 aliphatic heterocycles. The van der Waals surface area contributed by atoms with Crippen LogP contribution in [0.15, 0.2) is 66.5 Å². The molecular formula is C14H16O2. The second kappa shape index (κ2) is 6.64. The summed E-state index contributed by atoms with van der Waals surface area (Å²) in [6.45, 7) is 5.69. The third kappa shape index (κ3) is 4.62. The highest BCUT2D eigenvalue weighted by molar-refractivity contribution is 5.26. The average molecular weight is 216 g/mol. The van der Waals surface area contributed by atoms with Crippen molar-refractivity contribution in [2.75, 3.05) is 6.61 Å². The summed E-state index contributed by atoms with van der Waals surface area (Å²) in [4.78, 5) is 0. The molecule has 0 bridgehead atoms. The molecule has 0 aliphatic rings. The van der Waals surface area contributed by atoms with Crippen molar-refractivity contribution in [3.63, 3.8) is 0 Å². The van der Waals surface area contributed by atoms with E-state index in [1.54, 1.807) is 12.2 Å². The monoisotopic (exact) mass is 216 g/mol. The zero-order valence-electron chi connectivity index (χ0n) is 9.39. The Kier molecular flexibility index (Phi) is 5.09. The molecule has 84 valence electrons. The molecular weight excluding hydrogens is 200 g/mol. The molecule has 0 amide bonds. The fraction of sp³-hybridized carbons (Fsp3) is 0.143. The highest BCUT2D eigenvalue weighted by atomic mass is 16.5. The maximum Gasteiger partial charge on any atom is 0.127 e. The number of ether oxygens (including phenoxy) is 1. The molecule has 0 aliphatic carbocycles. The fourth-order valence-corrected chi connectivity index (χ4v) is 1.05. The van der Waals surface area contributed by atoms with E-state index in [0.29, 0.717) is 5.76 Å². The number of aliphatic hydroxyl groups excluding tert-OH is 1. The lowest BCUT2D eigenvalue weighted by molar-refractivity contribution is 0.331. The van der Waals surface area contributed by atoms with Crippen LogP contribution in [0.3, 0.4) is 0 Å². The first kappa shape index (κ1) is 12.3. The second-order valence-corrected chi connectivity index (χ2v) is 3.41. The summed E-state index contributed by atoms with van der Waals surface area (Å²) in [6, 6.07) is 9.48. The Morgan fingerprint density at radius 1 is 1.38 bits per heavy atom. The van der Waals surface area contributed by atoms with Gasteiger partial charge in [-0.05, 0) is 30.7 Å². The van der Waals surface area contributed by atoms with E-state index < -0.39 is 0 Å². The van der Waals surface area contributed by atoms with Gasteiger partial charge in [-0.2, -0.15) is 0 Å². The van der Waals surface area contributed by atoms with Crippen LogP contribution in [0.2, 0.25) is 0 Å². The van der Waals surface area contributed by atoms with E-state index in [0.717, 1.165) is 11.3 Å². The Morgan fingerprint density at radius 3 is 2.69 bits per heavy atom. The molecule has 1 aromatic rings. The summed E-state index contributed by atoms with van der Waals surface area (Å²) in [5.74, 6) is 1.33. The van der Waals surface area contributed by atoms with Crippen molar-refractivity contribution in [2.24, 2.45) is 0 Å². The van der Waals surface area contributed by atoms with E-state index in [4.69, 9.17) is 9.84 Å². The highest BCUT2D eigenvalue weighted by Crippen LogP contribution is 2.12. The molecule has 0 radical (unpaired) electrons. The maximum absolute atomic E-state index is 8.78. The largest absolute Gasteiger partial charge is 0.458 e. The topological polar surface area (TPSA) is 29.5 Å². The molecule has 2 heteroatoms. The van der Waals surface area contributed by atoms with Gasteiger partial charge in [0.25, 0.3) is 0 Å². The van der Waals surface area contributed by atoms with Crippen LogP contribution in [-0.4, -0.2) is 11.7 Å². The summed E-state index contributed by atoms with van der Waals surface area (Å²) in [6.07, 6.45) is 5.38. The molecule has 0 aromatic heterocycles. The van der Waals surface area contributed by atoms with E-state index in [2.05, 4.69) is 6.58 Å². The predicted octanol–water partition coefficient (Wildman–Crippen LogP) is 3.07. The van der Waals surface area contributed by atoms with Crippen LogP contribution in [0.25, 0.3) is 0 Å². The normalized spacial score (nSPS) is 11.8. The fourth-order valence-electron chi connectivity index (χ4n) is 1.05. The van der Waals surface area contributed by atoms with E-state index in [1.807, 2.05) is 43.3 Å². The number of allylic oxidation sites excluding steroid dienone is 3. The minimum atomic E-state index is 0.0658. The lowest BCUT2D eigenvalue weighted by Gasteiger charge is -2.03. The van der Waals surface area contributed by atoms with Gasteiger partial charge >= 0.3 is 0 Å². The molecule has 0 heterocycles. The zero-order chi connectivity index (χ0) is 11.8. The minimum Gasteiger partial charge on any atom is -0.458 e. The van der Waals surface area contributed by atoms with Crippen LogP contribution in [0.5, 0.6) is 5.75 Å². The number of para-hydroxylation sites is 1. The molecule has 16 heavy (non-hydrogen) atoms. The predicted molar refractivity (Wildman–Crippen MR) is 66.2 cm³/mol. The van der Waals surface area contributed by atoms with Crippen molar-refractivity contribution < 1.29 is 9.84 Å². The van der Waals surface area contributed by atoms with Gasteiger partial charge in [-0.25, -0.2) is 0 Å². The van der Waals surface area contributed by atoms with Gasteiger partial charge in [0.15, 0.2) is 0 Å². The number of hydrogen-bond acceptors (Lipinski definition) is 2. The van der Waals surface area contributed by atoms with Gasteiger partial charge < -0.3 is 9.84 Å². The minimum absolute atomic E-state index is 0.0658. The average Bonchev–Trinajstić information content (AvgIpc) is 2.30. The quantitative estimate of drug-likeness (QED) is 0.605. The van der Waals surface area contributed by atoms with Crippen molar-refractivity contribution >= 4 is 0 Å². The lowest BCUT2D eigenvalue weighted by atomic mass is 10.3. The van der Waals surface area contributed by atoms with Crippen LogP contribution < -0.4 is 4.74 Å². The number of rotatable bonds is 5. The van der Waals surface area contributed by atoms with E-state index in [-0.39, 0.29) is 6.61 Å². The Hall–Kier alpha value is -1.80. The van der Waals surface area contributed by atoms with Gasteiger partial charge in [-0.1, -0.05) is 36.9 Å². The van der Waals surface area contributed by atoms with Gasteiger partial charge in [0.05, 0.1) is 6.61 Å². The molecule has 1 aromatic carbocycles. The Balaban J connectivity index is 2.49. The van der Waals surface area contributed by atoms with Crippen LogP contribution in [0.4, 0.5) is 0 Å². The van der Waals surface area contributed by atoms with Crippen molar-refractivity contribution in [3.05, 3.63) is 66.5 Å². The summed E-state index contributed by atoms with van der Waals surface area (Å²) in [7, 11) is 0. The summed E-state index contributed by atoms with van der Waals surface area (Å²) < 4.78 is 5.46. The zero-order valence-corrected chi connectivity index (χ0v) is 9.39. The maximum atomic E-state index is 8.78. The van der Waals surface area contributed by atoms with Crippen molar-refractivity contribution in [1.82, 2.24) is 0 Å². The first-order chi connectivity index (χ1) is 7.72. The highest BCUT2D eigenvalue weighted by Gasteiger charge is 1.91. The molecule has 1 N–H and O–H groups in total. The first-order valence-corrected chi connectivity index (χ1v) is 5.09. The summed E-state index contributed by atoms with van der Waals surface area (Å²) >= 11 is 0. The summed E-state index contributed by atoms with van der Waals surface area (Å²) in [5.41, 5.74) is 0.892. The molecule has 0 saturated carbocycles. The van der Waals surface area contributed by atoms with E-state index in [1.165, 1.54) is 0 Å². The second-order valence-electron chi connectivity index (χ2n) is 3.41. The number of benzene rings is 1. The standard InChI is InChI=1S/C14H16O2/c1-12(11-15)7-6-8-13(2)16-14-9-4-3-5-10-14/h3-10,15H,2,11H2,1H3/b8-6-,12-7+. The van der Waals surface area contributed by atoms with Crippen LogP contribution in [-0.2, 0) is 0 Å². The molecule has 2 nitrogen and oxygen atoms in total. The van der Waals surface area contributed by atoms with E-state index in [9.17, 15) is 0 Å². The lowest BCUT2D eigenvalue weighted by Crippen LogP contribution is -1.89. The number of hydrogen-bond donors (Lipinski definition) is 1. The van der Waals surface area contributed by atoms with Gasteiger partial charge in [0.2, 0.25) is 0 Å². The van der Waals surface area contributed by atoms with Crippen LogP contribution in [0, 0.1) is 0 Å². The number of aliphatic hydroxyl groups is 1. The smallest absolute Gasteiger partial charge is 0.127 e. The molecule has 0 atom stereocenters. The third-order valence-electron chi connectivity index (χ3n) is 1.90. The Labute approximate surface area is 96.2 Å². The third-order valence-corrected chi connectivity index (χ3v) is 1.90. The molecule has 0 unspecified atom stereocenters. The Morgan fingerprint density at radius 2 is 2.06 bits per heavy atom. The van der Waals surface area contributed by atoms with E-state index >= 15 is 0 Å². The van der Waals surface area contributed by atoms with Crippen molar-refractivity contribution in [3.8, 4) is 5.75 Å². The van der Waals surface area contributed by atoms with Gasteiger partial charge in [0, 0.05) is 0 Å². The molecule has 0 saturated heterocycles. The SMILES string of the molecule is C=C(/C=C\C=C(/C)CO)Oc1ccccc1. The molecule has 0 fully saturated rings. The first-order valence-electron chi connectivity index (χ1n) is 5.09. The van der Waals surface area contributed by atoms with Gasteiger partial charge in [0.1, 0.15) is 11.5 Å². The Bertz CT molecular complexity index is 388. The van der Waals surface area contributed by atoms with Crippen molar-refractivity contribution in [1.29, 1.82) is 0 Å². The van der Waals surface area contributed by atoms with Gasteiger partial charge in [-0.15, -0.1) is 0 Å². The molecule has 0 spiro atoms. The van der Waals surface area contributed by atoms with Crippen molar-refractivity contribution in [2.45, 2.75) is 6.92 Å². The van der Waals surface area contributed by atoms with Crippen LogP contribution in [0.1, 0.15) is 6.92 Å².